The molecule has 9 heteroatoms. The molecule has 1 aromatic heterocycles. The van der Waals surface area contributed by atoms with Crippen molar-refractivity contribution in [2.24, 2.45) is 5.92 Å². The fourth-order valence-electron chi connectivity index (χ4n) is 4.67. The van der Waals surface area contributed by atoms with Gasteiger partial charge in [0.05, 0.1) is 21.7 Å². The molecule has 6 nitrogen and oxygen atoms in total. The van der Waals surface area contributed by atoms with Gasteiger partial charge in [-0.05, 0) is 66.3 Å². The van der Waals surface area contributed by atoms with Crippen LogP contribution in [0.5, 0.6) is 0 Å². The van der Waals surface area contributed by atoms with Gasteiger partial charge in [-0.3, -0.25) is 9.36 Å². The number of hydrogen-bond acceptors (Lipinski definition) is 5. The van der Waals surface area contributed by atoms with E-state index in [2.05, 4.69) is 28.7 Å². The first-order valence-corrected chi connectivity index (χ1v) is 14.7. The number of aromatic nitrogens is 1. The molecule has 0 amide bonds. The Morgan fingerprint density at radius 3 is 2.61 bits per heavy atom. The van der Waals surface area contributed by atoms with Crippen LogP contribution in [-0.2, 0) is 23.1 Å². The second kappa shape index (κ2) is 10.4. The zero-order valence-electron chi connectivity index (χ0n) is 20.0. The SMILES string of the molecule is C[C@@H]1CCCN(c2ccc(CNS(=O)(=O)c3ccc4c(c3)sc(=O)n4Cc3ccccc3Cl)cc2)C1. The maximum atomic E-state index is 13.0. The summed E-state index contributed by atoms with van der Waals surface area (Å²) in [4.78, 5) is 15.0. The van der Waals surface area contributed by atoms with Gasteiger partial charge in [0.2, 0.25) is 10.0 Å². The van der Waals surface area contributed by atoms with E-state index < -0.39 is 10.0 Å². The van der Waals surface area contributed by atoms with Crippen molar-refractivity contribution >= 4 is 48.9 Å². The Hall–Kier alpha value is -2.65. The number of nitrogens with one attached hydrogen (secondary N) is 1. The molecule has 2 heterocycles. The zero-order valence-corrected chi connectivity index (χ0v) is 22.4. The van der Waals surface area contributed by atoms with Gasteiger partial charge in [-0.25, -0.2) is 13.1 Å². The molecule has 0 saturated carbocycles. The van der Waals surface area contributed by atoms with Crippen molar-refractivity contribution in [3.8, 4) is 0 Å². The quantitative estimate of drug-likeness (QED) is 0.336. The number of halogens is 1. The standard InChI is InChI=1S/C27H28ClN3O3S2/c1-19-5-4-14-30(17-19)22-10-8-20(9-11-22)16-29-36(33,34)23-12-13-25-26(15-23)35-27(32)31(25)18-21-6-2-3-7-24(21)28/h2-3,6-13,15,19,29H,4-5,14,16-18H2,1H3/t19-/m1/s1. The highest BCUT2D eigenvalue weighted by molar-refractivity contribution is 7.89. The predicted octanol–water partition coefficient (Wildman–Crippen LogP) is 5.48. The molecule has 0 unspecified atom stereocenters. The second-order valence-electron chi connectivity index (χ2n) is 9.36. The molecule has 1 fully saturated rings. The molecule has 0 spiro atoms. The molecule has 1 N–H and O–H groups in total. The Labute approximate surface area is 220 Å². The summed E-state index contributed by atoms with van der Waals surface area (Å²) >= 11 is 7.30. The van der Waals surface area contributed by atoms with Crippen LogP contribution in [0.15, 0.2) is 76.4 Å². The van der Waals surface area contributed by atoms with Crippen LogP contribution >= 0.6 is 22.9 Å². The lowest BCUT2D eigenvalue weighted by atomic mass is 9.99. The molecule has 188 valence electrons. The Morgan fingerprint density at radius 1 is 1.08 bits per heavy atom. The average molecular weight is 542 g/mol. The van der Waals surface area contributed by atoms with Crippen LogP contribution in [0.25, 0.3) is 10.2 Å². The molecule has 0 bridgehead atoms. The van der Waals surface area contributed by atoms with Crippen molar-refractivity contribution in [3.63, 3.8) is 0 Å². The van der Waals surface area contributed by atoms with Crippen LogP contribution in [0.2, 0.25) is 5.02 Å². The van der Waals surface area contributed by atoms with Crippen molar-refractivity contribution in [1.82, 2.24) is 9.29 Å². The van der Waals surface area contributed by atoms with Crippen molar-refractivity contribution in [3.05, 3.63) is 92.5 Å². The number of fused-ring (bicyclic) bond motifs is 1. The van der Waals surface area contributed by atoms with Crippen LogP contribution in [0, 0.1) is 5.92 Å². The molecule has 4 aromatic rings. The Kier molecular flexibility index (Phi) is 7.21. The summed E-state index contributed by atoms with van der Waals surface area (Å²) in [6.45, 7) is 4.92. The summed E-state index contributed by atoms with van der Waals surface area (Å²) in [5.41, 5.74) is 3.59. The number of thiazole rings is 1. The number of piperidine rings is 1. The van der Waals surface area contributed by atoms with Crippen LogP contribution in [-0.4, -0.2) is 26.1 Å². The number of anilines is 1. The third-order valence-electron chi connectivity index (χ3n) is 6.66. The van der Waals surface area contributed by atoms with Crippen LogP contribution in [0.1, 0.15) is 30.9 Å². The van der Waals surface area contributed by atoms with E-state index in [-0.39, 0.29) is 16.3 Å². The highest BCUT2D eigenvalue weighted by Crippen LogP contribution is 2.25. The van der Waals surface area contributed by atoms with Gasteiger partial charge in [-0.2, -0.15) is 0 Å². The highest BCUT2D eigenvalue weighted by Gasteiger charge is 2.19. The van der Waals surface area contributed by atoms with Gasteiger partial charge in [-0.15, -0.1) is 0 Å². The fraction of sp³-hybridized carbons (Fsp3) is 0.296. The van der Waals surface area contributed by atoms with Crippen molar-refractivity contribution in [1.29, 1.82) is 0 Å². The van der Waals surface area contributed by atoms with Crippen molar-refractivity contribution in [2.45, 2.75) is 37.8 Å². The van der Waals surface area contributed by atoms with Gasteiger partial charge in [0, 0.05) is 30.3 Å². The van der Waals surface area contributed by atoms with Gasteiger partial charge in [0.15, 0.2) is 0 Å². The average Bonchev–Trinajstić information content (AvgIpc) is 3.18. The minimum absolute atomic E-state index is 0.139. The monoisotopic (exact) mass is 541 g/mol. The first-order chi connectivity index (χ1) is 17.3. The first kappa shape index (κ1) is 25.0. The molecule has 1 saturated heterocycles. The summed E-state index contributed by atoms with van der Waals surface area (Å²) in [6.07, 6.45) is 2.47. The summed E-state index contributed by atoms with van der Waals surface area (Å²) in [5, 5.41) is 0.589. The van der Waals surface area contributed by atoms with E-state index in [1.54, 1.807) is 28.8 Å². The number of sulfonamides is 1. The molecular formula is C27H28ClN3O3S2. The lowest BCUT2D eigenvalue weighted by Crippen LogP contribution is -2.34. The second-order valence-corrected chi connectivity index (χ2v) is 12.5. The summed E-state index contributed by atoms with van der Waals surface area (Å²) in [5.74, 6) is 0.689. The molecule has 0 radical (unpaired) electrons. The largest absolute Gasteiger partial charge is 0.371 e. The number of nitrogens with zero attached hydrogens (tertiary/aromatic N) is 2. The van der Waals surface area contributed by atoms with E-state index in [0.29, 0.717) is 27.7 Å². The van der Waals surface area contributed by atoms with Gasteiger partial charge < -0.3 is 4.90 Å². The van der Waals surface area contributed by atoms with Gasteiger partial charge in [0.1, 0.15) is 0 Å². The summed E-state index contributed by atoms with van der Waals surface area (Å²) in [7, 11) is -3.74. The van der Waals surface area contributed by atoms with Crippen molar-refractivity contribution < 1.29 is 8.42 Å². The molecule has 3 aromatic carbocycles. The molecule has 1 aliphatic heterocycles. The third-order valence-corrected chi connectivity index (χ3v) is 9.37. The number of rotatable bonds is 7. The van der Waals surface area contributed by atoms with Crippen LogP contribution in [0.4, 0.5) is 5.69 Å². The van der Waals surface area contributed by atoms with Crippen molar-refractivity contribution in [2.75, 3.05) is 18.0 Å². The number of hydrogen-bond donors (Lipinski definition) is 1. The Balaban J connectivity index is 1.30. The maximum Gasteiger partial charge on any atom is 0.308 e. The van der Waals surface area contributed by atoms with Gasteiger partial charge >= 0.3 is 4.87 Å². The van der Waals surface area contributed by atoms with Gasteiger partial charge in [-0.1, -0.05) is 60.2 Å². The lowest BCUT2D eigenvalue weighted by molar-refractivity contribution is 0.447. The van der Waals surface area contributed by atoms with E-state index in [1.807, 2.05) is 30.3 Å². The normalized spacial score (nSPS) is 16.5. The molecule has 1 atom stereocenters. The highest BCUT2D eigenvalue weighted by atomic mass is 35.5. The maximum absolute atomic E-state index is 13.0. The van der Waals surface area contributed by atoms with E-state index >= 15 is 0 Å². The fourth-order valence-corrected chi connectivity index (χ4v) is 6.91. The molecule has 36 heavy (non-hydrogen) atoms. The van der Waals surface area contributed by atoms with E-state index in [4.69, 9.17) is 11.6 Å². The van der Waals surface area contributed by atoms with Gasteiger partial charge in [0.25, 0.3) is 0 Å². The summed E-state index contributed by atoms with van der Waals surface area (Å²) < 4.78 is 31.0. The van der Waals surface area contributed by atoms with E-state index in [1.165, 1.54) is 18.5 Å². The van der Waals surface area contributed by atoms with Crippen LogP contribution in [0.3, 0.4) is 0 Å². The van der Waals surface area contributed by atoms with E-state index in [0.717, 1.165) is 35.6 Å². The molecule has 1 aliphatic rings. The minimum atomic E-state index is -3.74. The Bertz CT molecular complexity index is 1540. The molecule has 5 rings (SSSR count). The third kappa shape index (κ3) is 5.37. The van der Waals surface area contributed by atoms with E-state index in [9.17, 15) is 13.2 Å². The summed E-state index contributed by atoms with van der Waals surface area (Å²) in [6, 6.07) is 20.2. The zero-order chi connectivity index (χ0) is 25.3. The molecule has 0 aliphatic carbocycles. The molecular weight excluding hydrogens is 514 g/mol. The van der Waals surface area contributed by atoms with Crippen LogP contribution < -0.4 is 14.5 Å². The minimum Gasteiger partial charge on any atom is -0.371 e. The lowest BCUT2D eigenvalue weighted by Gasteiger charge is -2.32. The smallest absolute Gasteiger partial charge is 0.308 e. The number of benzene rings is 3. The first-order valence-electron chi connectivity index (χ1n) is 12.0. The predicted molar refractivity (Wildman–Crippen MR) is 148 cm³/mol. The Morgan fingerprint density at radius 2 is 1.86 bits per heavy atom. The topological polar surface area (TPSA) is 71.4 Å².